The zero-order valence-electron chi connectivity index (χ0n) is 20.3. The van der Waals surface area contributed by atoms with Gasteiger partial charge < -0.3 is 20.5 Å². The van der Waals surface area contributed by atoms with Crippen molar-refractivity contribution >= 4 is 34.5 Å². The van der Waals surface area contributed by atoms with Crippen molar-refractivity contribution in [3.05, 3.63) is 59.7 Å². The van der Waals surface area contributed by atoms with Gasteiger partial charge in [-0.25, -0.2) is 9.37 Å². The summed E-state index contributed by atoms with van der Waals surface area (Å²) in [5.74, 6) is 0.984. The van der Waals surface area contributed by atoms with E-state index in [-0.39, 0.29) is 41.3 Å². The third-order valence-corrected chi connectivity index (χ3v) is 7.95. The van der Waals surface area contributed by atoms with E-state index in [1.54, 1.807) is 18.2 Å². The first-order chi connectivity index (χ1) is 18.0. The number of hydrogen-bond acceptors (Lipinski definition) is 7. The number of pyridine rings is 2. The van der Waals surface area contributed by atoms with Gasteiger partial charge in [0.1, 0.15) is 28.8 Å². The molecule has 1 aliphatic carbocycles. The second kappa shape index (κ2) is 11.3. The number of hydrogen-bond donors (Lipinski definition) is 3. The number of carbonyl (C=O) groups is 2. The maximum absolute atomic E-state index is 13.9. The number of halogens is 1. The molecule has 3 N–H and O–H groups in total. The van der Waals surface area contributed by atoms with Crippen molar-refractivity contribution in [2.75, 3.05) is 11.5 Å². The Morgan fingerprint density at radius 2 is 1.62 bits per heavy atom. The molecule has 2 aromatic heterocycles. The summed E-state index contributed by atoms with van der Waals surface area (Å²) >= 11 is 1.87. The van der Waals surface area contributed by atoms with E-state index in [1.807, 2.05) is 11.8 Å². The minimum atomic E-state index is -0.583. The number of aromatic nitrogens is 2. The number of nitrogens with zero attached hydrogens (tertiary/aromatic N) is 2. The van der Waals surface area contributed by atoms with Gasteiger partial charge in [0.15, 0.2) is 0 Å². The molecule has 8 nitrogen and oxygen atoms in total. The van der Waals surface area contributed by atoms with Crippen LogP contribution in [0.4, 0.5) is 4.39 Å². The highest BCUT2D eigenvalue weighted by Crippen LogP contribution is 2.27. The van der Waals surface area contributed by atoms with Crippen LogP contribution in [0.15, 0.2) is 42.7 Å². The second-order valence-electron chi connectivity index (χ2n) is 9.46. The predicted molar refractivity (Wildman–Crippen MR) is 140 cm³/mol. The van der Waals surface area contributed by atoms with Crippen LogP contribution >= 0.6 is 11.8 Å². The molecule has 194 valence electrons. The first-order valence-electron chi connectivity index (χ1n) is 12.6. The SMILES string of the molecule is O=C(NC1CCC(NC(=O)c2ccnc3c(O)cccc23)CC1)c1cc(F)cnc1OC1CCSCC1. The number of para-hydroxylation sites is 1. The topological polar surface area (TPSA) is 113 Å². The van der Waals surface area contributed by atoms with Crippen molar-refractivity contribution in [1.82, 2.24) is 20.6 Å². The van der Waals surface area contributed by atoms with E-state index < -0.39 is 11.7 Å². The largest absolute Gasteiger partial charge is 0.506 e. The maximum atomic E-state index is 13.9. The van der Waals surface area contributed by atoms with Crippen LogP contribution in [0.5, 0.6) is 11.6 Å². The monoisotopic (exact) mass is 524 g/mol. The van der Waals surface area contributed by atoms with E-state index in [0.717, 1.165) is 30.5 Å². The summed E-state index contributed by atoms with van der Waals surface area (Å²) in [7, 11) is 0. The molecular weight excluding hydrogens is 495 g/mol. The number of ether oxygens (including phenoxy) is 1. The smallest absolute Gasteiger partial charge is 0.257 e. The molecule has 2 aliphatic rings. The number of rotatable bonds is 6. The molecule has 3 heterocycles. The van der Waals surface area contributed by atoms with Gasteiger partial charge in [-0.3, -0.25) is 14.6 Å². The van der Waals surface area contributed by atoms with Crippen LogP contribution in [0.25, 0.3) is 10.9 Å². The predicted octanol–water partition coefficient (Wildman–Crippen LogP) is 4.22. The van der Waals surface area contributed by atoms with Crippen molar-refractivity contribution in [1.29, 1.82) is 0 Å². The summed E-state index contributed by atoms with van der Waals surface area (Å²) in [6.45, 7) is 0. The quantitative estimate of drug-likeness (QED) is 0.443. The Kier molecular flexibility index (Phi) is 7.73. The number of phenols is 1. The number of carbonyl (C=O) groups excluding carboxylic acids is 2. The fourth-order valence-electron chi connectivity index (χ4n) is 4.90. The summed E-state index contributed by atoms with van der Waals surface area (Å²) in [6, 6.07) is 7.66. The summed E-state index contributed by atoms with van der Waals surface area (Å²) in [5, 5.41) is 16.7. The van der Waals surface area contributed by atoms with E-state index >= 15 is 0 Å². The Balaban J connectivity index is 1.17. The minimum Gasteiger partial charge on any atom is -0.506 e. The van der Waals surface area contributed by atoms with E-state index in [1.165, 1.54) is 18.3 Å². The molecule has 1 aliphatic heterocycles. The highest BCUT2D eigenvalue weighted by atomic mass is 32.2. The van der Waals surface area contributed by atoms with Gasteiger partial charge in [-0.05, 0) is 68.2 Å². The maximum Gasteiger partial charge on any atom is 0.257 e. The van der Waals surface area contributed by atoms with Crippen LogP contribution in [0.2, 0.25) is 0 Å². The van der Waals surface area contributed by atoms with Gasteiger partial charge in [0.25, 0.3) is 11.8 Å². The third kappa shape index (κ3) is 5.95. The van der Waals surface area contributed by atoms with E-state index in [4.69, 9.17) is 4.74 Å². The number of thioether (sulfide) groups is 1. The molecule has 2 amide bonds. The average Bonchev–Trinajstić information content (AvgIpc) is 2.91. The van der Waals surface area contributed by atoms with E-state index in [0.29, 0.717) is 42.1 Å². The van der Waals surface area contributed by atoms with Gasteiger partial charge in [-0.2, -0.15) is 11.8 Å². The molecular formula is C27H29FN4O4S. The number of benzene rings is 1. The average molecular weight is 525 g/mol. The third-order valence-electron chi connectivity index (χ3n) is 6.90. The first kappa shape index (κ1) is 25.3. The van der Waals surface area contributed by atoms with Crippen LogP contribution in [0.1, 0.15) is 59.2 Å². The van der Waals surface area contributed by atoms with Gasteiger partial charge in [-0.1, -0.05) is 12.1 Å². The van der Waals surface area contributed by atoms with Crippen molar-refractivity contribution in [3.63, 3.8) is 0 Å². The van der Waals surface area contributed by atoms with Gasteiger partial charge >= 0.3 is 0 Å². The number of phenolic OH excluding ortho intramolecular Hbond substituents is 1. The normalized spacial score (nSPS) is 20.4. The van der Waals surface area contributed by atoms with Crippen LogP contribution in [0, 0.1) is 5.82 Å². The summed E-state index contributed by atoms with van der Waals surface area (Å²) in [6.07, 6.45) is 7.03. The van der Waals surface area contributed by atoms with Crippen LogP contribution in [0.3, 0.4) is 0 Å². The van der Waals surface area contributed by atoms with Gasteiger partial charge in [-0.15, -0.1) is 0 Å². The Morgan fingerprint density at radius 3 is 2.32 bits per heavy atom. The molecule has 1 saturated carbocycles. The molecule has 1 aromatic carbocycles. The van der Waals surface area contributed by atoms with Gasteiger partial charge in [0.05, 0.1) is 11.8 Å². The Bertz CT molecular complexity index is 1290. The highest BCUT2D eigenvalue weighted by Gasteiger charge is 2.27. The molecule has 0 radical (unpaired) electrons. The lowest BCUT2D eigenvalue weighted by molar-refractivity contribution is 0.0886. The molecule has 37 heavy (non-hydrogen) atoms. The van der Waals surface area contributed by atoms with Crippen LogP contribution < -0.4 is 15.4 Å². The summed E-state index contributed by atoms with van der Waals surface area (Å²) in [4.78, 5) is 34.2. The van der Waals surface area contributed by atoms with Crippen LogP contribution in [-0.4, -0.2) is 56.6 Å². The molecule has 0 unspecified atom stereocenters. The lowest BCUT2D eigenvalue weighted by Crippen LogP contribution is -2.44. The molecule has 0 spiro atoms. The number of fused-ring (bicyclic) bond motifs is 1. The van der Waals surface area contributed by atoms with Crippen LogP contribution in [-0.2, 0) is 0 Å². The van der Waals surface area contributed by atoms with Gasteiger partial charge in [0.2, 0.25) is 5.88 Å². The molecule has 2 fully saturated rings. The summed E-state index contributed by atoms with van der Waals surface area (Å²) in [5.41, 5.74) is 0.958. The first-order valence-corrected chi connectivity index (χ1v) is 13.7. The van der Waals surface area contributed by atoms with E-state index in [9.17, 15) is 19.1 Å². The standard InChI is InChI=1S/C27H29FN4O4S/c28-16-14-22(27(30-15-16)36-19-9-12-37-13-10-19)26(35)32-18-6-4-17(5-7-18)31-25(34)21-8-11-29-24-20(21)2-1-3-23(24)33/h1-3,8,11,14-15,17-19,33H,4-7,9-10,12-13H2,(H,31,34)(H,32,35). The van der Waals surface area contributed by atoms with E-state index in [2.05, 4.69) is 20.6 Å². The van der Waals surface area contributed by atoms with Crippen molar-refractivity contribution < 1.29 is 23.8 Å². The minimum absolute atomic E-state index is 0.0219. The van der Waals surface area contributed by atoms with Gasteiger partial charge in [0, 0.05) is 23.7 Å². The molecule has 0 bridgehead atoms. The van der Waals surface area contributed by atoms with Crippen molar-refractivity contribution in [2.45, 2.75) is 56.7 Å². The second-order valence-corrected chi connectivity index (χ2v) is 10.7. The molecule has 5 rings (SSSR count). The Labute approximate surface area is 218 Å². The molecule has 0 atom stereocenters. The Morgan fingerprint density at radius 1 is 0.946 bits per heavy atom. The number of amides is 2. The lowest BCUT2D eigenvalue weighted by atomic mass is 9.90. The number of aromatic hydroxyl groups is 1. The summed E-state index contributed by atoms with van der Waals surface area (Å²) < 4.78 is 19.9. The van der Waals surface area contributed by atoms with Crippen molar-refractivity contribution in [2.24, 2.45) is 0 Å². The lowest BCUT2D eigenvalue weighted by Gasteiger charge is -2.30. The Hall–Kier alpha value is -3.40. The number of nitrogens with one attached hydrogen (secondary N) is 2. The molecule has 3 aromatic rings. The molecule has 10 heteroatoms. The fourth-order valence-corrected chi connectivity index (χ4v) is 5.97. The zero-order valence-corrected chi connectivity index (χ0v) is 21.1. The zero-order chi connectivity index (χ0) is 25.8. The molecule has 1 saturated heterocycles. The highest BCUT2D eigenvalue weighted by molar-refractivity contribution is 7.99. The van der Waals surface area contributed by atoms with Crippen molar-refractivity contribution in [3.8, 4) is 11.6 Å². The fraction of sp³-hybridized carbons (Fsp3) is 0.407.